The average Bonchev–Trinajstić information content (AvgIpc) is 3.90. The van der Waals surface area contributed by atoms with Gasteiger partial charge in [-0.15, -0.1) is 22.7 Å². The summed E-state index contributed by atoms with van der Waals surface area (Å²) in [5, 5.41) is 0. The molecular formula is C42H46Br2N2O2S3. The number of ether oxygens (including phenoxy) is 2. The summed E-state index contributed by atoms with van der Waals surface area (Å²) in [5.41, 5.74) is 8.72. The van der Waals surface area contributed by atoms with Crippen LogP contribution in [0.4, 0.5) is 0 Å². The maximum absolute atomic E-state index is 6.08. The highest BCUT2D eigenvalue weighted by molar-refractivity contribution is 9.11. The van der Waals surface area contributed by atoms with E-state index in [1.807, 2.05) is 0 Å². The summed E-state index contributed by atoms with van der Waals surface area (Å²) in [7, 11) is 0. The number of aromatic nitrogens is 2. The van der Waals surface area contributed by atoms with Gasteiger partial charge in [0.25, 0.3) is 0 Å². The van der Waals surface area contributed by atoms with Gasteiger partial charge in [0, 0.05) is 32.0 Å². The van der Waals surface area contributed by atoms with Crippen LogP contribution in [0, 0.1) is 0 Å². The first-order chi connectivity index (χ1) is 25.1. The summed E-state index contributed by atoms with van der Waals surface area (Å²) in [4.78, 5) is 2.35. The van der Waals surface area contributed by atoms with Crippen LogP contribution in [0.3, 0.4) is 0 Å². The molecule has 268 valence electrons. The van der Waals surface area contributed by atoms with E-state index < -0.39 is 0 Å². The quantitative estimate of drug-likeness (QED) is 0.0717. The third-order valence-electron chi connectivity index (χ3n) is 9.17. The van der Waals surface area contributed by atoms with Gasteiger partial charge in [0.1, 0.15) is 22.5 Å². The Balaban J connectivity index is 1.18. The normalized spacial score (nSPS) is 11.5. The largest absolute Gasteiger partial charge is 0.494 e. The van der Waals surface area contributed by atoms with Crippen LogP contribution in [0.15, 0.2) is 80.4 Å². The van der Waals surface area contributed by atoms with E-state index in [0.29, 0.717) is 0 Å². The number of hydrogen-bond acceptors (Lipinski definition) is 7. The molecule has 3 aromatic carbocycles. The average molecular weight is 867 g/mol. The van der Waals surface area contributed by atoms with Crippen LogP contribution < -0.4 is 9.47 Å². The summed E-state index contributed by atoms with van der Waals surface area (Å²) in [6, 6.07) is 25.9. The Morgan fingerprint density at radius 2 is 0.882 bits per heavy atom. The van der Waals surface area contributed by atoms with Crippen LogP contribution in [0.1, 0.15) is 90.9 Å². The SMILES string of the molecule is CCCCCCCCOc1ccc(-c2cc(Br)sc2-c2ccc(-c3sc(Br)cc3-c3ccc(OCCCCCCCC)cc3)c3nsnc23)cc1. The van der Waals surface area contributed by atoms with Crippen molar-refractivity contribution in [1.29, 1.82) is 0 Å². The number of thiophene rings is 2. The molecular weight excluding hydrogens is 820 g/mol. The summed E-state index contributed by atoms with van der Waals surface area (Å²) in [5.74, 6) is 1.85. The zero-order valence-electron chi connectivity index (χ0n) is 29.5. The van der Waals surface area contributed by atoms with Crippen molar-refractivity contribution in [3.05, 3.63) is 80.4 Å². The van der Waals surface area contributed by atoms with Gasteiger partial charge in [-0.1, -0.05) is 114 Å². The molecule has 51 heavy (non-hydrogen) atoms. The lowest BCUT2D eigenvalue weighted by Crippen LogP contribution is -1.97. The van der Waals surface area contributed by atoms with Gasteiger partial charge < -0.3 is 9.47 Å². The van der Waals surface area contributed by atoms with E-state index in [1.54, 1.807) is 22.7 Å². The minimum absolute atomic E-state index is 0.767. The fraction of sp³-hybridized carbons (Fsp3) is 0.381. The lowest BCUT2D eigenvalue weighted by atomic mass is 9.98. The van der Waals surface area contributed by atoms with Crippen LogP contribution in [-0.4, -0.2) is 22.0 Å². The number of rotatable bonds is 20. The minimum Gasteiger partial charge on any atom is -0.494 e. The zero-order chi connectivity index (χ0) is 35.4. The van der Waals surface area contributed by atoms with Crippen LogP contribution in [0.25, 0.3) is 54.2 Å². The molecule has 6 aromatic rings. The topological polar surface area (TPSA) is 44.2 Å². The maximum atomic E-state index is 6.08. The van der Waals surface area contributed by atoms with Gasteiger partial charge in [-0.25, -0.2) is 0 Å². The highest BCUT2D eigenvalue weighted by atomic mass is 79.9. The molecule has 0 radical (unpaired) electrons. The highest BCUT2D eigenvalue weighted by Crippen LogP contribution is 2.48. The second-order valence-corrected chi connectivity index (χ2v) is 18.4. The standard InChI is InChI=1S/C42H46Br2N2O2S3/c1-3-5-7-9-11-13-25-47-31-19-15-29(16-20-31)35-27-37(43)49-41(35)33-23-24-34(40-39(33)45-51-46-40)42-36(28-38(44)50-42)30-17-21-32(22-18-30)48-26-14-12-10-8-6-4-2/h15-24,27-28H,3-14,25-26H2,1-2H3. The van der Waals surface area contributed by atoms with Gasteiger partial charge in [-0.05, 0) is 92.2 Å². The Hall–Kier alpha value is -2.56. The number of nitrogens with zero attached hydrogens (tertiary/aromatic N) is 2. The molecule has 3 heterocycles. The monoisotopic (exact) mass is 864 g/mol. The van der Waals surface area contributed by atoms with Gasteiger partial charge in [-0.2, -0.15) is 8.75 Å². The molecule has 0 saturated heterocycles. The molecule has 0 fully saturated rings. The van der Waals surface area contributed by atoms with Gasteiger partial charge in [0.2, 0.25) is 0 Å². The van der Waals surface area contributed by atoms with Crippen molar-refractivity contribution in [1.82, 2.24) is 8.75 Å². The predicted molar refractivity (Wildman–Crippen MR) is 228 cm³/mol. The number of halogens is 2. The van der Waals surface area contributed by atoms with Crippen molar-refractivity contribution in [3.63, 3.8) is 0 Å². The van der Waals surface area contributed by atoms with Crippen molar-refractivity contribution in [2.75, 3.05) is 13.2 Å². The van der Waals surface area contributed by atoms with Gasteiger partial charge >= 0.3 is 0 Å². The molecule has 0 spiro atoms. The molecule has 0 saturated carbocycles. The molecule has 0 N–H and O–H groups in total. The van der Waals surface area contributed by atoms with Gasteiger partial charge in [-0.3, -0.25) is 0 Å². The van der Waals surface area contributed by atoms with Crippen molar-refractivity contribution in [2.45, 2.75) is 90.9 Å². The number of benzene rings is 3. The smallest absolute Gasteiger partial charge is 0.119 e. The summed E-state index contributed by atoms with van der Waals surface area (Å²) < 4.78 is 24.0. The van der Waals surface area contributed by atoms with E-state index in [4.69, 9.17) is 18.2 Å². The second kappa shape index (κ2) is 19.5. The third-order valence-corrected chi connectivity index (χ3v) is 13.0. The van der Waals surface area contributed by atoms with E-state index >= 15 is 0 Å². The summed E-state index contributed by atoms with van der Waals surface area (Å²) in [6.45, 7) is 6.05. The Kier molecular flexibility index (Phi) is 14.6. The third kappa shape index (κ3) is 10.1. The minimum atomic E-state index is 0.767. The first kappa shape index (κ1) is 38.2. The Bertz CT molecular complexity index is 1830. The molecule has 0 atom stereocenters. The fourth-order valence-corrected chi connectivity index (χ4v) is 10.3. The lowest BCUT2D eigenvalue weighted by molar-refractivity contribution is 0.304. The first-order valence-electron chi connectivity index (χ1n) is 18.4. The van der Waals surface area contributed by atoms with Gasteiger partial charge in [0.15, 0.2) is 0 Å². The maximum Gasteiger partial charge on any atom is 0.119 e. The van der Waals surface area contributed by atoms with E-state index in [0.717, 1.165) is 78.4 Å². The van der Waals surface area contributed by atoms with Crippen molar-refractivity contribution in [3.8, 4) is 54.6 Å². The lowest BCUT2D eigenvalue weighted by Gasteiger charge is -2.11. The van der Waals surface area contributed by atoms with Crippen LogP contribution in [-0.2, 0) is 0 Å². The molecule has 0 aliphatic carbocycles. The molecule has 3 aromatic heterocycles. The second-order valence-electron chi connectivity index (χ2n) is 13.0. The summed E-state index contributed by atoms with van der Waals surface area (Å²) >= 11 is 12.3. The highest BCUT2D eigenvalue weighted by Gasteiger charge is 2.22. The Morgan fingerprint density at radius 3 is 1.29 bits per heavy atom. The molecule has 0 aliphatic rings. The van der Waals surface area contributed by atoms with Crippen LogP contribution in [0.5, 0.6) is 11.5 Å². The molecule has 0 amide bonds. The number of fused-ring (bicyclic) bond motifs is 1. The summed E-state index contributed by atoms with van der Waals surface area (Å²) in [6.07, 6.45) is 15.1. The number of unbranched alkanes of at least 4 members (excludes halogenated alkanes) is 10. The van der Waals surface area contributed by atoms with Crippen molar-refractivity contribution >= 4 is 77.3 Å². The first-order valence-corrected chi connectivity index (χ1v) is 22.3. The van der Waals surface area contributed by atoms with Crippen molar-refractivity contribution in [2.24, 2.45) is 0 Å². The number of hydrogen-bond donors (Lipinski definition) is 0. The van der Waals surface area contributed by atoms with E-state index in [9.17, 15) is 0 Å². The Labute approximate surface area is 332 Å². The molecule has 0 aliphatic heterocycles. The molecule has 9 heteroatoms. The van der Waals surface area contributed by atoms with Crippen LogP contribution in [0.2, 0.25) is 0 Å². The van der Waals surface area contributed by atoms with Crippen molar-refractivity contribution < 1.29 is 9.47 Å². The molecule has 4 nitrogen and oxygen atoms in total. The zero-order valence-corrected chi connectivity index (χ0v) is 35.1. The predicted octanol–water partition coefficient (Wildman–Crippen LogP) is 15.5. The fourth-order valence-electron chi connectivity index (χ4n) is 6.39. The van der Waals surface area contributed by atoms with Gasteiger partial charge in [0.05, 0.1) is 32.5 Å². The van der Waals surface area contributed by atoms with E-state index in [1.165, 1.54) is 96.8 Å². The Morgan fingerprint density at radius 1 is 0.490 bits per heavy atom. The van der Waals surface area contributed by atoms with E-state index in [2.05, 4.69) is 119 Å². The van der Waals surface area contributed by atoms with Crippen LogP contribution >= 0.6 is 66.3 Å². The van der Waals surface area contributed by atoms with E-state index in [-0.39, 0.29) is 0 Å². The molecule has 6 rings (SSSR count). The molecule has 0 unspecified atom stereocenters. The molecule has 0 bridgehead atoms.